The lowest BCUT2D eigenvalue weighted by molar-refractivity contribution is -0.134. The molecule has 0 aliphatic carbocycles. The molecule has 1 heterocycles. The molecule has 118 valence electrons. The molecule has 3 N–H and O–H groups in total. The summed E-state index contributed by atoms with van der Waals surface area (Å²) in [7, 11) is 4.21. The second-order valence-corrected chi connectivity index (χ2v) is 4.92. The molecule has 0 radical (unpaired) electrons. The number of para-hydroxylation sites is 1. The quantitative estimate of drug-likeness (QED) is 0.734. The fraction of sp³-hybridized carbons (Fsp3) is 0.250. The number of nitrogens with zero attached hydrogens (tertiary/aromatic N) is 1. The van der Waals surface area contributed by atoms with E-state index in [9.17, 15) is 9.59 Å². The minimum Gasteiger partial charge on any atom is -0.478 e. The molecule has 6 heteroatoms. The third-order valence-electron chi connectivity index (χ3n) is 2.87. The van der Waals surface area contributed by atoms with E-state index in [-0.39, 0.29) is 0 Å². The number of rotatable bonds is 5. The van der Waals surface area contributed by atoms with Gasteiger partial charge in [-0.25, -0.2) is 9.59 Å². The first kappa shape index (κ1) is 17.5. The van der Waals surface area contributed by atoms with Crippen LogP contribution in [-0.4, -0.2) is 52.7 Å². The van der Waals surface area contributed by atoms with Crippen LogP contribution in [-0.2, 0) is 16.0 Å². The molecular weight excluding hydrogens is 284 g/mol. The van der Waals surface area contributed by atoms with Gasteiger partial charge >= 0.3 is 11.9 Å². The fourth-order valence-electron chi connectivity index (χ4n) is 1.83. The predicted molar refractivity (Wildman–Crippen MR) is 85.0 cm³/mol. The normalized spacial score (nSPS) is 10.7. The van der Waals surface area contributed by atoms with Gasteiger partial charge in [0.25, 0.3) is 0 Å². The summed E-state index contributed by atoms with van der Waals surface area (Å²) in [6.07, 6.45) is 4.34. The van der Waals surface area contributed by atoms with E-state index in [4.69, 9.17) is 10.2 Å². The van der Waals surface area contributed by atoms with E-state index in [1.54, 1.807) is 0 Å². The average Bonchev–Trinajstić information content (AvgIpc) is 2.87. The summed E-state index contributed by atoms with van der Waals surface area (Å²) in [4.78, 5) is 24.6. The number of carboxylic acids is 2. The monoisotopic (exact) mass is 304 g/mol. The standard InChI is InChI=1S/C12H16N2.C4H4O4/c1-14(2)8-7-10-9-13-12-6-4-3-5-11(10)12;5-3(6)1-2-4(7)8/h3-6,9,13H,7-8H2,1-2H3;1-2H,(H,5,6)(H,7,8). The molecule has 0 fully saturated rings. The van der Waals surface area contributed by atoms with Crippen molar-refractivity contribution in [3.05, 3.63) is 48.2 Å². The van der Waals surface area contributed by atoms with Crippen LogP contribution >= 0.6 is 0 Å². The second kappa shape index (κ2) is 8.63. The van der Waals surface area contributed by atoms with Gasteiger partial charge in [-0.15, -0.1) is 0 Å². The molecule has 6 nitrogen and oxygen atoms in total. The topological polar surface area (TPSA) is 93.6 Å². The van der Waals surface area contributed by atoms with Gasteiger partial charge in [-0.2, -0.15) is 0 Å². The highest BCUT2D eigenvalue weighted by atomic mass is 16.4. The summed E-state index contributed by atoms with van der Waals surface area (Å²) in [5.74, 6) is -2.51. The van der Waals surface area contributed by atoms with E-state index in [1.165, 1.54) is 16.5 Å². The van der Waals surface area contributed by atoms with E-state index in [1.807, 2.05) is 0 Å². The molecule has 0 spiro atoms. The number of benzene rings is 1. The molecule has 0 aliphatic rings. The van der Waals surface area contributed by atoms with Gasteiger partial charge in [0.05, 0.1) is 0 Å². The Kier molecular flexibility index (Phi) is 6.85. The summed E-state index contributed by atoms with van der Waals surface area (Å²) in [6.45, 7) is 1.10. The predicted octanol–water partition coefficient (Wildman–Crippen LogP) is 1.98. The van der Waals surface area contributed by atoms with Crippen LogP contribution in [0.15, 0.2) is 42.6 Å². The smallest absolute Gasteiger partial charge is 0.328 e. The summed E-state index contributed by atoms with van der Waals surface area (Å²) in [5, 5.41) is 17.0. The van der Waals surface area contributed by atoms with Gasteiger partial charge < -0.3 is 20.1 Å². The van der Waals surface area contributed by atoms with Crippen molar-refractivity contribution in [2.24, 2.45) is 0 Å². The van der Waals surface area contributed by atoms with E-state index in [0.717, 1.165) is 13.0 Å². The summed E-state index contributed by atoms with van der Waals surface area (Å²) in [6, 6.07) is 8.45. The SMILES string of the molecule is CN(C)CCc1c[nH]c2ccccc12.O=C(O)C=CC(=O)O. The van der Waals surface area contributed by atoms with Crippen LogP contribution in [0.3, 0.4) is 0 Å². The molecule has 0 saturated carbocycles. The molecule has 22 heavy (non-hydrogen) atoms. The number of carboxylic acid groups (broad SMARTS) is 2. The first-order valence-electron chi connectivity index (χ1n) is 6.74. The lowest BCUT2D eigenvalue weighted by Crippen LogP contribution is -2.14. The van der Waals surface area contributed by atoms with Crippen molar-refractivity contribution in [3.8, 4) is 0 Å². The van der Waals surface area contributed by atoms with Crippen molar-refractivity contribution in [2.75, 3.05) is 20.6 Å². The Morgan fingerprint density at radius 3 is 2.27 bits per heavy atom. The largest absolute Gasteiger partial charge is 0.478 e. The number of aromatic nitrogens is 1. The minimum atomic E-state index is -1.26. The number of aliphatic carboxylic acids is 2. The molecule has 0 aliphatic heterocycles. The number of hydrogen-bond acceptors (Lipinski definition) is 3. The Labute approximate surface area is 128 Å². The lowest BCUT2D eigenvalue weighted by Gasteiger charge is -2.07. The first-order chi connectivity index (χ1) is 10.4. The maximum Gasteiger partial charge on any atom is 0.328 e. The highest BCUT2D eigenvalue weighted by Crippen LogP contribution is 2.17. The number of fused-ring (bicyclic) bond motifs is 1. The van der Waals surface area contributed by atoms with Crippen LogP contribution in [0.5, 0.6) is 0 Å². The number of nitrogens with one attached hydrogen (secondary N) is 1. The van der Waals surface area contributed by atoms with Crippen LogP contribution in [0.25, 0.3) is 10.9 Å². The zero-order valence-electron chi connectivity index (χ0n) is 12.6. The zero-order chi connectivity index (χ0) is 16.5. The average molecular weight is 304 g/mol. The van der Waals surface area contributed by atoms with Crippen molar-refractivity contribution in [1.29, 1.82) is 0 Å². The number of H-pyrrole nitrogens is 1. The maximum absolute atomic E-state index is 9.55. The molecule has 0 saturated heterocycles. The first-order valence-corrected chi connectivity index (χ1v) is 6.74. The van der Waals surface area contributed by atoms with Gasteiger partial charge in [0.15, 0.2) is 0 Å². The Balaban J connectivity index is 0.000000261. The Morgan fingerprint density at radius 2 is 1.73 bits per heavy atom. The van der Waals surface area contributed by atoms with Gasteiger partial charge in [-0.1, -0.05) is 18.2 Å². The maximum atomic E-state index is 9.55. The molecule has 0 amide bonds. The second-order valence-electron chi connectivity index (χ2n) is 4.92. The number of hydrogen-bond donors (Lipinski definition) is 3. The Bertz CT molecular complexity index is 643. The van der Waals surface area contributed by atoms with Crippen molar-refractivity contribution in [3.63, 3.8) is 0 Å². The molecule has 0 bridgehead atoms. The Hall–Kier alpha value is -2.60. The van der Waals surface area contributed by atoms with Gasteiger partial charge in [-0.3, -0.25) is 0 Å². The zero-order valence-corrected chi connectivity index (χ0v) is 12.6. The van der Waals surface area contributed by atoms with Crippen LogP contribution in [0.4, 0.5) is 0 Å². The number of aromatic amines is 1. The van der Waals surface area contributed by atoms with Gasteiger partial charge in [0.2, 0.25) is 0 Å². The van der Waals surface area contributed by atoms with E-state index in [2.05, 4.69) is 54.4 Å². The van der Waals surface area contributed by atoms with Crippen molar-refractivity contribution >= 4 is 22.8 Å². The highest BCUT2D eigenvalue weighted by Gasteiger charge is 2.02. The van der Waals surface area contributed by atoms with Crippen LogP contribution < -0.4 is 0 Å². The molecule has 0 unspecified atom stereocenters. The van der Waals surface area contributed by atoms with Gasteiger partial charge in [-0.05, 0) is 32.1 Å². The molecule has 0 atom stereocenters. The molecule has 2 rings (SSSR count). The third kappa shape index (κ3) is 6.23. The summed E-state index contributed by atoms with van der Waals surface area (Å²) < 4.78 is 0. The van der Waals surface area contributed by atoms with E-state index < -0.39 is 11.9 Å². The third-order valence-corrected chi connectivity index (χ3v) is 2.87. The molecule has 2 aromatic rings. The van der Waals surface area contributed by atoms with E-state index in [0.29, 0.717) is 12.2 Å². The lowest BCUT2D eigenvalue weighted by atomic mass is 10.1. The van der Waals surface area contributed by atoms with Gasteiger partial charge in [0, 0.05) is 35.8 Å². The van der Waals surface area contributed by atoms with Crippen LogP contribution in [0.2, 0.25) is 0 Å². The van der Waals surface area contributed by atoms with Crippen molar-refractivity contribution in [1.82, 2.24) is 9.88 Å². The van der Waals surface area contributed by atoms with Crippen LogP contribution in [0.1, 0.15) is 5.56 Å². The summed E-state index contributed by atoms with van der Waals surface area (Å²) in [5.41, 5.74) is 2.65. The van der Waals surface area contributed by atoms with Crippen LogP contribution in [0, 0.1) is 0 Å². The number of likely N-dealkylation sites (N-methyl/N-ethyl adjacent to an activating group) is 1. The molecule has 1 aromatic heterocycles. The molecular formula is C16H20N2O4. The van der Waals surface area contributed by atoms with Crippen molar-refractivity contribution < 1.29 is 19.8 Å². The van der Waals surface area contributed by atoms with Crippen molar-refractivity contribution in [2.45, 2.75) is 6.42 Å². The fourth-order valence-corrected chi connectivity index (χ4v) is 1.83. The minimum absolute atomic E-state index is 0.558. The Morgan fingerprint density at radius 1 is 1.14 bits per heavy atom. The summed E-state index contributed by atoms with van der Waals surface area (Å²) >= 11 is 0. The van der Waals surface area contributed by atoms with E-state index >= 15 is 0 Å². The highest BCUT2D eigenvalue weighted by molar-refractivity contribution is 5.89. The number of carbonyl (C=O) groups is 2. The van der Waals surface area contributed by atoms with Gasteiger partial charge in [0.1, 0.15) is 0 Å². The molecule has 1 aromatic carbocycles.